The molecule has 29 heavy (non-hydrogen) atoms. The summed E-state index contributed by atoms with van der Waals surface area (Å²) in [5, 5.41) is 1.23. The molecule has 0 heterocycles. The Kier molecular flexibility index (Phi) is 6.88. The largest absolute Gasteiger partial charge is 0.207 e. The van der Waals surface area contributed by atoms with Gasteiger partial charge in [-0.05, 0) is 84.9 Å². The molecular weight excluding hydrogens is 362 g/mol. The van der Waals surface area contributed by atoms with Crippen LogP contribution in [0.25, 0.3) is 10.8 Å². The number of fused-ring (bicyclic) bond motifs is 2. The number of unbranched alkanes of at least 4 members (excludes halogenated alkanes) is 4. The first kappa shape index (κ1) is 20.8. The maximum absolute atomic E-state index is 14.6. The molecule has 0 saturated heterocycles. The molecule has 2 aliphatic carbocycles. The predicted octanol–water partition coefficient (Wildman–Crippen LogP) is 8.78. The highest BCUT2D eigenvalue weighted by atomic mass is 19.1. The van der Waals surface area contributed by atoms with Crippen molar-refractivity contribution < 1.29 is 8.78 Å². The molecule has 2 aromatic carbocycles. The van der Waals surface area contributed by atoms with Crippen molar-refractivity contribution in [3.8, 4) is 0 Å². The Hall–Kier alpha value is -1.44. The Bertz CT molecular complexity index is 812. The van der Waals surface area contributed by atoms with Crippen molar-refractivity contribution in [3.63, 3.8) is 0 Å². The highest BCUT2D eigenvalue weighted by molar-refractivity contribution is 5.84. The van der Waals surface area contributed by atoms with Gasteiger partial charge in [-0.3, -0.25) is 0 Å². The maximum Gasteiger partial charge on any atom is 0.131 e. The summed E-state index contributed by atoms with van der Waals surface area (Å²) in [6, 6.07) is 8.24. The second-order valence-electron chi connectivity index (χ2n) is 9.78. The molecule has 0 amide bonds. The fourth-order valence-corrected chi connectivity index (χ4v) is 6.13. The van der Waals surface area contributed by atoms with E-state index in [0.29, 0.717) is 11.3 Å². The number of rotatable bonds is 7. The van der Waals surface area contributed by atoms with Gasteiger partial charge in [0.2, 0.25) is 0 Å². The van der Waals surface area contributed by atoms with Crippen LogP contribution >= 0.6 is 0 Å². The summed E-state index contributed by atoms with van der Waals surface area (Å²) in [4.78, 5) is 0. The van der Waals surface area contributed by atoms with Gasteiger partial charge in [-0.2, -0.15) is 0 Å². The molecule has 158 valence electrons. The van der Waals surface area contributed by atoms with Crippen molar-refractivity contribution in [2.24, 2.45) is 17.8 Å². The smallest absolute Gasteiger partial charge is 0.131 e. The van der Waals surface area contributed by atoms with E-state index in [9.17, 15) is 8.78 Å². The van der Waals surface area contributed by atoms with Crippen LogP contribution in [-0.4, -0.2) is 0 Å². The van der Waals surface area contributed by atoms with Gasteiger partial charge in [-0.1, -0.05) is 64.0 Å². The van der Waals surface area contributed by atoms with Crippen LogP contribution in [0.3, 0.4) is 0 Å². The average molecular weight is 399 g/mol. The second-order valence-corrected chi connectivity index (χ2v) is 9.78. The first-order chi connectivity index (χ1) is 14.1. The molecule has 0 N–H and O–H groups in total. The minimum absolute atomic E-state index is 0.272. The van der Waals surface area contributed by atoms with Crippen LogP contribution in [0.2, 0.25) is 0 Å². The highest BCUT2D eigenvalue weighted by Gasteiger charge is 2.36. The van der Waals surface area contributed by atoms with E-state index in [0.717, 1.165) is 28.7 Å². The third-order valence-electron chi connectivity index (χ3n) is 7.80. The lowest BCUT2D eigenvalue weighted by Crippen LogP contribution is -2.30. The van der Waals surface area contributed by atoms with E-state index in [1.54, 1.807) is 12.1 Å². The van der Waals surface area contributed by atoms with Gasteiger partial charge in [0.25, 0.3) is 0 Å². The molecule has 0 spiro atoms. The van der Waals surface area contributed by atoms with Crippen molar-refractivity contribution in [3.05, 3.63) is 47.5 Å². The van der Waals surface area contributed by atoms with Gasteiger partial charge >= 0.3 is 0 Å². The molecule has 2 heteroatoms. The Labute approximate surface area is 175 Å². The number of halogens is 2. The van der Waals surface area contributed by atoms with Gasteiger partial charge < -0.3 is 0 Å². The van der Waals surface area contributed by atoms with Crippen LogP contribution in [0.15, 0.2) is 30.3 Å². The molecule has 2 aromatic rings. The summed E-state index contributed by atoms with van der Waals surface area (Å²) in [5.74, 6) is 2.48. The first-order valence-corrected chi connectivity index (χ1v) is 12.0. The van der Waals surface area contributed by atoms with Crippen LogP contribution in [0.4, 0.5) is 8.78 Å². The summed E-state index contributed by atoms with van der Waals surface area (Å²) in [6.07, 6.45) is 16.3. The molecule has 0 nitrogen and oxygen atoms in total. The highest BCUT2D eigenvalue weighted by Crippen LogP contribution is 2.48. The molecule has 0 radical (unpaired) electrons. The van der Waals surface area contributed by atoms with Gasteiger partial charge in [0, 0.05) is 5.39 Å². The summed E-state index contributed by atoms with van der Waals surface area (Å²) < 4.78 is 28.0. The number of hydrogen-bond acceptors (Lipinski definition) is 0. The third kappa shape index (κ3) is 5.01. The van der Waals surface area contributed by atoms with Crippen molar-refractivity contribution in [2.75, 3.05) is 0 Å². The number of hydrogen-bond donors (Lipinski definition) is 0. The molecule has 0 bridgehead atoms. The Balaban J connectivity index is 1.34. The molecule has 2 aliphatic rings. The molecule has 2 saturated carbocycles. The predicted molar refractivity (Wildman–Crippen MR) is 118 cm³/mol. The van der Waals surface area contributed by atoms with Gasteiger partial charge in [-0.25, -0.2) is 8.78 Å². The van der Waals surface area contributed by atoms with Crippen molar-refractivity contribution in [1.29, 1.82) is 0 Å². The standard InChI is InChI=1S/C27H36F2/c1-2-3-4-5-6-7-19-8-9-21-15-22(11-10-20(21)14-19)24-16-23-12-13-25(28)18-26(23)27(29)17-24/h12-13,16-22H,2-11,14-15H2,1H3/t19-,20?,21-,22?/m1/s1. The lowest BCUT2D eigenvalue weighted by atomic mass is 9.63. The zero-order chi connectivity index (χ0) is 20.2. The maximum atomic E-state index is 14.6. The fraction of sp³-hybridized carbons (Fsp3) is 0.630. The molecule has 4 atom stereocenters. The quantitative estimate of drug-likeness (QED) is 0.409. The van der Waals surface area contributed by atoms with Crippen LogP contribution in [0, 0.1) is 29.4 Å². The molecule has 0 aromatic heterocycles. The van der Waals surface area contributed by atoms with Crippen LogP contribution in [0.1, 0.15) is 95.5 Å². The average Bonchev–Trinajstić information content (AvgIpc) is 2.73. The molecule has 2 fully saturated rings. The topological polar surface area (TPSA) is 0 Å². The monoisotopic (exact) mass is 398 g/mol. The third-order valence-corrected chi connectivity index (χ3v) is 7.80. The lowest BCUT2D eigenvalue weighted by molar-refractivity contribution is 0.113. The van der Waals surface area contributed by atoms with Gasteiger partial charge in [-0.15, -0.1) is 0 Å². The molecule has 0 aliphatic heterocycles. The van der Waals surface area contributed by atoms with E-state index in [-0.39, 0.29) is 11.6 Å². The van der Waals surface area contributed by atoms with E-state index >= 15 is 0 Å². The van der Waals surface area contributed by atoms with Crippen LogP contribution in [0.5, 0.6) is 0 Å². The van der Waals surface area contributed by atoms with E-state index < -0.39 is 0 Å². The van der Waals surface area contributed by atoms with E-state index in [1.165, 1.54) is 89.2 Å². The van der Waals surface area contributed by atoms with E-state index in [1.807, 2.05) is 0 Å². The normalized spacial score (nSPS) is 27.1. The van der Waals surface area contributed by atoms with E-state index in [4.69, 9.17) is 0 Å². The Morgan fingerprint density at radius 1 is 0.828 bits per heavy atom. The van der Waals surface area contributed by atoms with Gasteiger partial charge in [0.15, 0.2) is 0 Å². The minimum atomic E-state index is -0.369. The summed E-state index contributed by atoms with van der Waals surface area (Å²) in [5.41, 5.74) is 1.12. The van der Waals surface area contributed by atoms with Gasteiger partial charge in [0.05, 0.1) is 0 Å². The SMILES string of the molecule is CCCCCCC[C@@H]1CC[C@@H]2CC(c3cc(F)c4cc(F)ccc4c3)CCC2C1. The first-order valence-electron chi connectivity index (χ1n) is 12.0. The van der Waals surface area contributed by atoms with Crippen molar-refractivity contribution in [2.45, 2.75) is 89.9 Å². The molecule has 4 rings (SSSR count). The zero-order valence-corrected chi connectivity index (χ0v) is 17.9. The van der Waals surface area contributed by atoms with E-state index in [2.05, 4.69) is 13.0 Å². The zero-order valence-electron chi connectivity index (χ0n) is 17.9. The Morgan fingerprint density at radius 3 is 2.48 bits per heavy atom. The van der Waals surface area contributed by atoms with Gasteiger partial charge in [0.1, 0.15) is 11.6 Å². The van der Waals surface area contributed by atoms with Crippen molar-refractivity contribution in [1.82, 2.24) is 0 Å². The molecular formula is C27H36F2. The van der Waals surface area contributed by atoms with Crippen LogP contribution < -0.4 is 0 Å². The summed E-state index contributed by atoms with van der Waals surface area (Å²) in [7, 11) is 0. The minimum Gasteiger partial charge on any atom is -0.207 e. The number of benzene rings is 2. The second kappa shape index (κ2) is 9.58. The summed E-state index contributed by atoms with van der Waals surface area (Å²) >= 11 is 0. The van der Waals surface area contributed by atoms with Crippen molar-refractivity contribution >= 4 is 10.8 Å². The molecule has 2 unspecified atom stereocenters. The lowest BCUT2D eigenvalue weighted by Gasteiger charge is -2.42. The summed E-state index contributed by atoms with van der Waals surface area (Å²) in [6.45, 7) is 2.28. The van der Waals surface area contributed by atoms with Crippen LogP contribution in [-0.2, 0) is 0 Å². The fourth-order valence-electron chi connectivity index (χ4n) is 6.13. The Morgan fingerprint density at radius 2 is 1.62 bits per heavy atom.